The highest BCUT2D eigenvalue weighted by atomic mass is 19.2. The van der Waals surface area contributed by atoms with Gasteiger partial charge >= 0.3 is 0 Å². The fraction of sp³-hybridized carbons (Fsp3) is 0.600. The maximum Gasteiger partial charge on any atom is 0.159 e. The molecule has 2 N–H and O–H groups in total. The van der Waals surface area contributed by atoms with Crippen LogP contribution in [-0.4, -0.2) is 30.9 Å². The predicted molar refractivity (Wildman–Crippen MR) is 72.3 cm³/mol. The van der Waals surface area contributed by atoms with Crippen molar-refractivity contribution in [3.05, 3.63) is 35.4 Å². The summed E-state index contributed by atoms with van der Waals surface area (Å²) in [5, 5.41) is 13.6. The van der Waals surface area contributed by atoms with Crippen LogP contribution in [0.3, 0.4) is 0 Å². The minimum Gasteiger partial charge on any atom is -0.387 e. The molecule has 1 fully saturated rings. The summed E-state index contributed by atoms with van der Waals surface area (Å²) < 4.78 is 31.3. The Morgan fingerprint density at radius 2 is 2.05 bits per heavy atom. The molecule has 1 saturated carbocycles. The number of aliphatic hydroxyl groups excluding tert-OH is 1. The molecule has 3 unspecified atom stereocenters. The van der Waals surface area contributed by atoms with E-state index < -0.39 is 17.7 Å². The molecule has 3 nitrogen and oxygen atoms in total. The SMILES string of the molecule is COCC(NC(C)C(O)c1ccc(F)c(F)c1)C1CC1. The third kappa shape index (κ3) is 3.75. The van der Waals surface area contributed by atoms with E-state index in [9.17, 15) is 13.9 Å². The van der Waals surface area contributed by atoms with Gasteiger partial charge in [-0.05, 0) is 43.4 Å². The monoisotopic (exact) mass is 285 g/mol. The Hall–Kier alpha value is -1.04. The van der Waals surface area contributed by atoms with Crippen LogP contribution in [0.2, 0.25) is 0 Å². The number of benzene rings is 1. The number of methoxy groups -OCH3 is 1. The second-order valence-electron chi connectivity index (χ2n) is 5.47. The maximum atomic E-state index is 13.2. The summed E-state index contributed by atoms with van der Waals surface area (Å²) in [4.78, 5) is 0. The van der Waals surface area contributed by atoms with Gasteiger partial charge in [-0.3, -0.25) is 0 Å². The molecule has 112 valence electrons. The van der Waals surface area contributed by atoms with Crippen LogP contribution < -0.4 is 5.32 Å². The van der Waals surface area contributed by atoms with Crippen molar-refractivity contribution >= 4 is 0 Å². The first-order valence-corrected chi connectivity index (χ1v) is 6.91. The second kappa shape index (κ2) is 6.61. The molecule has 0 spiro atoms. The van der Waals surface area contributed by atoms with Crippen LogP contribution in [0.5, 0.6) is 0 Å². The van der Waals surface area contributed by atoms with Gasteiger partial charge in [0.25, 0.3) is 0 Å². The van der Waals surface area contributed by atoms with E-state index in [0.717, 1.165) is 25.0 Å². The van der Waals surface area contributed by atoms with Gasteiger partial charge < -0.3 is 15.2 Å². The summed E-state index contributed by atoms with van der Waals surface area (Å²) in [5.74, 6) is -1.27. The summed E-state index contributed by atoms with van der Waals surface area (Å²) >= 11 is 0. The Morgan fingerprint density at radius 1 is 1.35 bits per heavy atom. The first-order valence-electron chi connectivity index (χ1n) is 6.91. The highest BCUT2D eigenvalue weighted by Crippen LogP contribution is 2.33. The maximum absolute atomic E-state index is 13.2. The molecule has 20 heavy (non-hydrogen) atoms. The van der Waals surface area contributed by atoms with Gasteiger partial charge in [-0.15, -0.1) is 0 Å². The molecule has 5 heteroatoms. The summed E-state index contributed by atoms with van der Waals surface area (Å²) in [7, 11) is 1.65. The van der Waals surface area contributed by atoms with Crippen LogP contribution >= 0.6 is 0 Å². The lowest BCUT2D eigenvalue weighted by Crippen LogP contribution is -2.43. The molecule has 0 radical (unpaired) electrons. The van der Waals surface area contributed by atoms with Crippen LogP contribution in [0.4, 0.5) is 8.78 Å². The molecule has 1 aliphatic rings. The smallest absolute Gasteiger partial charge is 0.159 e. The van der Waals surface area contributed by atoms with Crippen molar-refractivity contribution in [1.29, 1.82) is 0 Å². The van der Waals surface area contributed by atoms with E-state index in [0.29, 0.717) is 18.1 Å². The zero-order valence-electron chi connectivity index (χ0n) is 11.8. The molecular weight excluding hydrogens is 264 g/mol. The van der Waals surface area contributed by atoms with E-state index in [-0.39, 0.29) is 12.1 Å². The third-order valence-electron chi connectivity index (χ3n) is 3.77. The standard InChI is InChI=1S/C15H21F2NO2/c1-9(18-14(8-20-2)10-3-4-10)15(19)11-5-6-12(16)13(17)7-11/h5-7,9-10,14-15,18-19H,3-4,8H2,1-2H3. The number of rotatable bonds is 7. The molecule has 0 amide bonds. The van der Waals surface area contributed by atoms with Gasteiger partial charge in [0, 0.05) is 19.2 Å². The highest BCUT2D eigenvalue weighted by Gasteiger charge is 2.33. The Bertz CT molecular complexity index is 451. The molecule has 1 aliphatic carbocycles. The number of aliphatic hydroxyl groups is 1. The van der Waals surface area contributed by atoms with Crippen molar-refractivity contribution in [3.63, 3.8) is 0 Å². The average Bonchev–Trinajstić information content (AvgIpc) is 3.25. The van der Waals surface area contributed by atoms with E-state index in [2.05, 4.69) is 5.32 Å². The number of halogens is 2. The van der Waals surface area contributed by atoms with Gasteiger partial charge in [0.15, 0.2) is 11.6 Å². The molecule has 0 bridgehead atoms. The molecule has 2 rings (SSSR count). The number of nitrogens with one attached hydrogen (secondary N) is 1. The molecular formula is C15H21F2NO2. The van der Waals surface area contributed by atoms with Crippen molar-refractivity contribution in [2.24, 2.45) is 5.92 Å². The number of hydrogen-bond donors (Lipinski definition) is 2. The quantitative estimate of drug-likeness (QED) is 0.808. The van der Waals surface area contributed by atoms with Gasteiger partial charge in [0.1, 0.15) is 0 Å². The second-order valence-corrected chi connectivity index (χ2v) is 5.47. The van der Waals surface area contributed by atoms with E-state index in [1.807, 2.05) is 6.92 Å². The molecule has 1 aromatic carbocycles. The fourth-order valence-corrected chi connectivity index (χ4v) is 2.41. The molecule has 0 aliphatic heterocycles. The van der Waals surface area contributed by atoms with E-state index in [1.165, 1.54) is 6.07 Å². The zero-order chi connectivity index (χ0) is 14.7. The lowest BCUT2D eigenvalue weighted by Gasteiger charge is -2.26. The summed E-state index contributed by atoms with van der Waals surface area (Å²) in [6.45, 7) is 2.41. The Labute approximate surface area is 117 Å². The predicted octanol–water partition coefficient (Wildman–Crippen LogP) is 2.40. The minimum atomic E-state index is -0.940. The molecule has 0 aromatic heterocycles. The number of ether oxygens (including phenoxy) is 1. The van der Waals surface area contributed by atoms with Crippen LogP contribution in [0.15, 0.2) is 18.2 Å². The fourth-order valence-electron chi connectivity index (χ4n) is 2.41. The molecule has 0 heterocycles. The van der Waals surface area contributed by atoms with Crippen LogP contribution in [-0.2, 0) is 4.74 Å². The highest BCUT2D eigenvalue weighted by molar-refractivity contribution is 5.21. The Balaban J connectivity index is 1.99. The largest absolute Gasteiger partial charge is 0.387 e. The lowest BCUT2D eigenvalue weighted by atomic mass is 10.0. The lowest BCUT2D eigenvalue weighted by molar-refractivity contribution is 0.103. The number of hydrogen-bond acceptors (Lipinski definition) is 3. The van der Waals surface area contributed by atoms with Crippen molar-refractivity contribution in [1.82, 2.24) is 5.32 Å². The van der Waals surface area contributed by atoms with Gasteiger partial charge in [-0.2, -0.15) is 0 Å². The van der Waals surface area contributed by atoms with Crippen molar-refractivity contribution in [3.8, 4) is 0 Å². The third-order valence-corrected chi connectivity index (χ3v) is 3.77. The van der Waals surface area contributed by atoms with Gasteiger partial charge in [-0.25, -0.2) is 8.78 Å². The van der Waals surface area contributed by atoms with Crippen LogP contribution in [0.1, 0.15) is 31.4 Å². The van der Waals surface area contributed by atoms with E-state index in [4.69, 9.17) is 4.74 Å². The summed E-state index contributed by atoms with van der Waals surface area (Å²) in [6, 6.07) is 3.41. The van der Waals surface area contributed by atoms with Crippen LogP contribution in [0.25, 0.3) is 0 Å². The first kappa shape index (κ1) is 15.4. The van der Waals surface area contributed by atoms with Gasteiger partial charge in [0.05, 0.1) is 12.7 Å². The first-order chi connectivity index (χ1) is 9.52. The topological polar surface area (TPSA) is 41.5 Å². The molecule has 3 atom stereocenters. The normalized spacial score (nSPS) is 19.6. The van der Waals surface area contributed by atoms with Crippen molar-refractivity contribution in [2.45, 2.75) is 38.0 Å². The van der Waals surface area contributed by atoms with E-state index >= 15 is 0 Å². The van der Waals surface area contributed by atoms with Gasteiger partial charge in [0.2, 0.25) is 0 Å². The van der Waals surface area contributed by atoms with Crippen molar-refractivity contribution < 1.29 is 18.6 Å². The van der Waals surface area contributed by atoms with Crippen molar-refractivity contribution in [2.75, 3.05) is 13.7 Å². The molecule has 1 aromatic rings. The summed E-state index contributed by atoms with van der Waals surface area (Å²) in [5.41, 5.74) is 0.371. The minimum absolute atomic E-state index is 0.190. The Morgan fingerprint density at radius 3 is 2.60 bits per heavy atom. The average molecular weight is 285 g/mol. The molecule has 0 saturated heterocycles. The Kier molecular flexibility index (Phi) is 5.07. The van der Waals surface area contributed by atoms with Crippen LogP contribution in [0, 0.1) is 17.6 Å². The van der Waals surface area contributed by atoms with E-state index in [1.54, 1.807) is 7.11 Å². The summed E-state index contributed by atoms with van der Waals surface area (Å²) in [6.07, 6.45) is 1.44. The van der Waals surface area contributed by atoms with Gasteiger partial charge in [-0.1, -0.05) is 6.07 Å². The zero-order valence-corrected chi connectivity index (χ0v) is 11.8.